The molecule has 0 aliphatic carbocycles. The average molecular weight is 271 g/mol. The van der Waals surface area contributed by atoms with E-state index in [-0.39, 0.29) is 11.9 Å². The van der Waals surface area contributed by atoms with Crippen LogP contribution in [0, 0.1) is 5.92 Å². The number of thioether (sulfide) groups is 1. The van der Waals surface area contributed by atoms with Crippen LogP contribution in [0.5, 0.6) is 0 Å². The first kappa shape index (κ1) is 14.2. The van der Waals surface area contributed by atoms with Gasteiger partial charge in [0.1, 0.15) is 0 Å². The Labute approximate surface area is 114 Å². The second kappa shape index (κ2) is 6.78. The van der Waals surface area contributed by atoms with Gasteiger partial charge in [0.2, 0.25) is 5.91 Å². The molecule has 1 amide bonds. The van der Waals surface area contributed by atoms with Crippen LogP contribution in [0.25, 0.3) is 0 Å². The van der Waals surface area contributed by atoms with E-state index in [0.717, 1.165) is 37.4 Å². The Kier molecular flexibility index (Phi) is 5.33. The number of nitrogens with zero attached hydrogens (tertiary/aromatic N) is 1. The van der Waals surface area contributed by atoms with E-state index < -0.39 is 0 Å². The number of hydrogen-bond acceptors (Lipinski definition) is 4. The summed E-state index contributed by atoms with van der Waals surface area (Å²) < 4.78 is 0. The molecule has 2 aliphatic heterocycles. The molecule has 2 fully saturated rings. The van der Waals surface area contributed by atoms with Gasteiger partial charge in [-0.05, 0) is 18.8 Å². The predicted octanol–water partition coefficient (Wildman–Crippen LogP) is 0.667. The lowest BCUT2D eigenvalue weighted by Gasteiger charge is -2.39. The van der Waals surface area contributed by atoms with Crippen molar-refractivity contribution in [3.8, 4) is 0 Å². The van der Waals surface area contributed by atoms with Crippen molar-refractivity contribution in [1.82, 2.24) is 10.2 Å². The van der Waals surface area contributed by atoms with Gasteiger partial charge in [-0.25, -0.2) is 0 Å². The minimum atomic E-state index is 0.262. The van der Waals surface area contributed by atoms with Crippen LogP contribution in [-0.4, -0.2) is 54.0 Å². The van der Waals surface area contributed by atoms with Crippen LogP contribution in [0.1, 0.15) is 26.2 Å². The molecule has 104 valence electrons. The SMILES string of the molecule is CC1CCN(C(=O)CC2CSCCN2)C(CN)C1. The number of piperidine rings is 1. The summed E-state index contributed by atoms with van der Waals surface area (Å²) in [5.41, 5.74) is 5.81. The quantitative estimate of drug-likeness (QED) is 0.792. The summed E-state index contributed by atoms with van der Waals surface area (Å²) in [6.07, 6.45) is 2.82. The second-order valence-corrected chi connectivity index (χ2v) is 6.69. The zero-order valence-electron chi connectivity index (χ0n) is 11.2. The van der Waals surface area contributed by atoms with Gasteiger partial charge in [-0.15, -0.1) is 0 Å². The summed E-state index contributed by atoms with van der Waals surface area (Å²) in [5, 5.41) is 3.43. The topological polar surface area (TPSA) is 58.4 Å². The Balaban J connectivity index is 1.86. The van der Waals surface area contributed by atoms with Gasteiger partial charge in [0, 0.05) is 49.6 Å². The number of nitrogens with two attached hydrogens (primary N) is 1. The van der Waals surface area contributed by atoms with Crippen LogP contribution in [0.3, 0.4) is 0 Å². The monoisotopic (exact) mass is 271 g/mol. The van der Waals surface area contributed by atoms with Gasteiger partial charge < -0.3 is 16.0 Å². The minimum Gasteiger partial charge on any atom is -0.338 e. The van der Waals surface area contributed by atoms with Gasteiger partial charge in [0.15, 0.2) is 0 Å². The molecule has 0 bridgehead atoms. The van der Waals surface area contributed by atoms with Crippen molar-refractivity contribution in [2.24, 2.45) is 11.7 Å². The van der Waals surface area contributed by atoms with Crippen molar-refractivity contribution in [3.05, 3.63) is 0 Å². The lowest BCUT2D eigenvalue weighted by molar-refractivity contribution is -0.135. The molecule has 18 heavy (non-hydrogen) atoms. The standard InChI is InChI=1S/C13H25N3OS/c1-10-2-4-16(12(6-10)8-14)13(17)7-11-9-18-5-3-15-11/h10-12,15H,2-9,14H2,1H3. The fourth-order valence-corrected chi connectivity index (χ4v) is 3.83. The molecule has 0 aromatic rings. The van der Waals surface area contributed by atoms with Crippen LogP contribution < -0.4 is 11.1 Å². The molecule has 0 aromatic heterocycles. The van der Waals surface area contributed by atoms with E-state index in [4.69, 9.17) is 5.73 Å². The van der Waals surface area contributed by atoms with Crippen LogP contribution in [0.2, 0.25) is 0 Å². The predicted molar refractivity (Wildman–Crippen MR) is 76.7 cm³/mol. The molecule has 5 heteroatoms. The molecular formula is C13H25N3OS. The number of carbonyl (C=O) groups is 1. The molecule has 0 aromatic carbocycles. The van der Waals surface area contributed by atoms with E-state index in [1.54, 1.807) is 0 Å². The van der Waals surface area contributed by atoms with E-state index in [9.17, 15) is 4.79 Å². The third-order valence-electron chi connectivity index (χ3n) is 3.99. The summed E-state index contributed by atoms with van der Waals surface area (Å²) in [5.74, 6) is 3.21. The van der Waals surface area contributed by atoms with Gasteiger partial charge in [-0.1, -0.05) is 6.92 Å². The highest BCUT2D eigenvalue weighted by Crippen LogP contribution is 2.23. The first-order valence-electron chi connectivity index (χ1n) is 7.01. The lowest BCUT2D eigenvalue weighted by atomic mass is 9.92. The Morgan fingerprint density at radius 2 is 2.39 bits per heavy atom. The molecule has 2 aliphatic rings. The molecule has 3 atom stereocenters. The normalized spacial score (nSPS) is 33.4. The number of nitrogens with one attached hydrogen (secondary N) is 1. The summed E-state index contributed by atoms with van der Waals surface area (Å²) in [4.78, 5) is 14.4. The number of hydrogen-bond donors (Lipinski definition) is 2. The minimum absolute atomic E-state index is 0.262. The summed E-state index contributed by atoms with van der Waals surface area (Å²) in [6, 6.07) is 0.617. The molecule has 3 unspecified atom stereocenters. The van der Waals surface area contributed by atoms with Gasteiger partial charge in [0.25, 0.3) is 0 Å². The molecule has 2 heterocycles. The fraction of sp³-hybridized carbons (Fsp3) is 0.923. The Morgan fingerprint density at radius 1 is 1.56 bits per heavy atom. The van der Waals surface area contributed by atoms with Crippen molar-refractivity contribution in [2.45, 2.75) is 38.3 Å². The molecule has 3 N–H and O–H groups in total. The molecule has 2 rings (SSSR count). The van der Waals surface area contributed by atoms with Crippen molar-refractivity contribution in [3.63, 3.8) is 0 Å². The highest BCUT2D eigenvalue weighted by atomic mass is 32.2. The largest absolute Gasteiger partial charge is 0.338 e. The maximum absolute atomic E-state index is 12.4. The number of likely N-dealkylation sites (tertiary alicyclic amines) is 1. The maximum Gasteiger partial charge on any atom is 0.224 e. The Hall–Kier alpha value is -0.260. The third kappa shape index (κ3) is 3.62. The second-order valence-electron chi connectivity index (χ2n) is 5.54. The van der Waals surface area contributed by atoms with Crippen molar-refractivity contribution >= 4 is 17.7 Å². The van der Waals surface area contributed by atoms with Crippen LogP contribution in [0.4, 0.5) is 0 Å². The van der Waals surface area contributed by atoms with Crippen LogP contribution >= 0.6 is 11.8 Å². The van der Waals surface area contributed by atoms with Gasteiger partial charge in [-0.2, -0.15) is 11.8 Å². The van der Waals surface area contributed by atoms with E-state index >= 15 is 0 Å². The van der Waals surface area contributed by atoms with E-state index in [0.29, 0.717) is 24.9 Å². The lowest BCUT2D eigenvalue weighted by Crippen LogP contribution is -2.51. The summed E-state index contributed by atoms with van der Waals surface area (Å²) in [6.45, 7) is 4.77. The van der Waals surface area contributed by atoms with Gasteiger partial charge in [0.05, 0.1) is 0 Å². The maximum atomic E-state index is 12.4. The molecule has 2 saturated heterocycles. The first-order valence-corrected chi connectivity index (χ1v) is 8.17. The van der Waals surface area contributed by atoms with Crippen molar-refractivity contribution in [1.29, 1.82) is 0 Å². The van der Waals surface area contributed by atoms with Gasteiger partial charge in [-0.3, -0.25) is 4.79 Å². The highest BCUT2D eigenvalue weighted by molar-refractivity contribution is 7.99. The van der Waals surface area contributed by atoms with E-state index in [1.165, 1.54) is 0 Å². The third-order valence-corrected chi connectivity index (χ3v) is 5.12. The summed E-state index contributed by atoms with van der Waals surface area (Å²) >= 11 is 1.94. The molecule has 0 saturated carbocycles. The smallest absolute Gasteiger partial charge is 0.224 e. The van der Waals surface area contributed by atoms with E-state index in [2.05, 4.69) is 12.2 Å². The molecule has 0 spiro atoms. The molecular weight excluding hydrogens is 246 g/mol. The number of rotatable bonds is 3. The average Bonchev–Trinajstić information content (AvgIpc) is 2.39. The Morgan fingerprint density at radius 3 is 3.06 bits per heavy atom. The van der Waals surface area contributed by atoms with Crippen molar-refractivity contribution < 1.29 is 4.79 Å². The van der Waals surface area contributed by atoms with Crippen LogP contribution in [0.15, 0.2) is 0 Å². The highest BCUT2D eigenvalue weighted by Gasteiger charge is 2.30. The number of carbonyl (C=O) groups excluding carboxylic acids is 1. The van der Waals surface area contributed by atoms with E-state index in [1.807, 2.05) is 16.7 Å². The molecule has 4 nitrogen and oxygen atoms in total. The van der Waals surface area contributed by atoms with Gasteiger partial charge >= 0.3 is 0 Å². The summed E-state index contributed by atoms with van der Waals surface area (Å²) in [7, 11) is 0. The number of amides is 1. The molecule has 0 radical (unpaired) electrons. The first-order chi connectivity index (χ1) is 8.70. The van der Waals surface area contributed by atoms with Crippen molar-refractivity contribution in [2.75, 3.05) is 31.1 Å². The fourth-order valence-electron chi connectivity index (χ4n) is 2.88. The Bertz CT molecular complexity index is 281. The zero-order valence-corrected chi connectivity index (χ0v) is 12.0. The van der Waals surface area contributed by atoms with Crippen LogP contribution in [-0.2, 0) is 4.79 Å². The zero-order chi connectivity index (χ0) is 13.0.